The van der Waals surface area contributed by atoms with E-state index in [1.54, 1.807) is 15.9 Å². The molecule has 140 valence electrons. The minimum Gasteiger partial charge on any atom is -0.451 e. The van der Waals surface area contributed by atoms with Crippen molar-refractivity contribution in [3.05, 3.63) is 59.3 Å². The molecule has 10 heteroatoms. The van der Waals surface area contributed by atoms with Crippen molar-refractivity contribution in [3.63, 3.8) is 0 Å². The summed E-state index contributed by atoms with van der Waals surface area (Å²) in [6.07, 6.45) is 0. The molecule has 6 rings (SSSR count). The number of hydrogen-bond acceptors (Lipinski definition) is 9. The minimum atomic E-state index is 0.327. The summed E-state index contributed by atoms with van der Waals surface area (Å²) in [7, 11) is 0. The van der Waals surface area contributed by atoms with Gasteiger partial charge >= 0.3 is 0 Å². The number of rotatable bonds is 4. The van der Waals surface area contributed by atoms with Crippen LogP contribution in [0.3, 0.4) is 0 Å². The van der Waals surface area contributed by atoms with Gasteiger partial charge in [-0.15, -0.1) is 20.4 Å². The third-order valence-electron chi connectivity index (χ3n) is 4.25. The molecule has 0 unspecified atom stereocenters. The summed E-state index contributed by atoms with van der Waals surface area (Å²) in [5.74, 6) is 1.55. The predicted molar refractivity (Wildman–Crippen MR) is 108 cm³/mol. The van der Waals surface area contributed by atoms with Crippen LogP contribution >= 0.6 is 23.1 Å². The van der Waals surface area contributed by atoms with Gasteiger partial charge in [-0.25, -0.2) is 0 Å². The number of fused-ring (bicyclic) bond motifs is 2. The summed E-state index contributed by atoms with van der Waals surface area (Å²) < 4.78 is 13.3. The molecule has 5 heterocycles. The van der Waals surface area contributed by atoms with Crippen molar-refractivity contribution < 1.29 is 8.83 Å². The van der Waals surface area contributed by atoms with Crippen LogP contribution in [0.5, 0.6) is 0 Å². The maximum absolute atomic E-state index is 5.78. The Morgan fingerprint density at radius 1 is 0.931 bits per heavy atom. The maximum Gasteiger partial charge on any atom is 0.284 e. The zero-order valence-corrected chi connectivity index (χ0v) is 16.2. The Hall–Kier alpha value is -3.50. The average molecular weight is 418 g/mol. The van der Waals surface area contributed by atoms with Gasteiger partial charge in [-0.1, -0.05) is 18.2 Å². The lowest BCUT2D eigenvalue weighted by Crippen LogP contribution is -1.95. The molecule has 0 aliphatic heterocycles. The van der Waals surface area contributed by atoms with Crippen molar-refractivity contribution in [2.24, 2.45) is 0 Å². The molecular weight excluding hydrogens is 408 g/mol. The molecule has 0 amide bonds. The standard InChI is InChI=1S/C19H10N6O2S2/c1-2-4-13-11(3-1)9-14(26-13)18-22-23-19(27-18)29-16-6-5-15-20-21-17(25(15)24-16)12-7-8-28-10-12/h1-10H. The van der Waals surface area contributed by atoms with Crippen LogP contribution in [0.2, 0.25) is 0 Å². The summed E-state index contributed by atoms with van der Waals surface area (Å²) >= 11 is 2.87. The van der Waals surface area contributed by atoms with Crippen LogP contribution in [0, 0.1) is 0 Å². The van der Waals surface area contributed by atoms with E-state index in [-0.39, 0.29) is 0 Å². The van der Waals surface area contributed by atoms with Crippen molar-refractivity contribution in [3.8, 4) is 23.0 Å². The van der Waals surface area contributed by atoms with E-state index in [4.69, 9.17) is 8.83 Å². The van der Waals surface area contributed by atoms with Crippen LogP contribution in [0.25, 0.3) is 39.7 Å². The highest BCUT2D eigenvalue weighted by atomic mass is 32.2. The van der Waals surface area contributed by atoms with Crippen LogP contribution < -0.4 is 0 Å². The minimum absolute atomic E-state index is 0.327. The van der Waals surface area contributed by atoms with Gasteiger partial charge in [0.2, 0.25) is 0 Å². The fourth-order valence-corrected chi connectivity index (χ4v) is 4.20. The normalized spacial score (nSPS) is 11.6. The van der Waals surface area contributed by atoms with Gasteiger partial charge in [-0.3, -0.25) is 0 Å². The highest BCUT2D eigenvalue weighted by molar-refractivity contribution is 7.99. The van der Waals surface area contributed by atoms with Crippen LogP contribution in [0.4, 0.5) is 0 Å². The van der Waals surface area contributed by atoms with Crippen LogP contribution in [-0.2, 0) is 0 Å². The van der Waals surface area contributed by atoms with Gasteiger partial charge in [0.05, 0.1) is 0 Å². The summed E-state index contributed by atoms with van der Waals surface area (Å²) in [4.78, 5) is 0. The van der Waals surface area contributed by atoms with Gasteiger partial charge in [-0.05, 0) is 47.5 Å². The quantitative estimate of drug-likeness (QED) is 0.403. The Morgan fingerprint density at radius 3 is 2.79 bits per heavy atom. The molecule has 0 saturated carbocycles. The van der Waals surface area contributed by atoms with E-state index in [0.717, 1.165) is 16.5 Å². The molecular formula is C19H10N6O2S2. The molecule has 0 fully saturated rings. The number of furan rings is 1. The number of aromatic nitrogens is 6. The van der Waals surface area contributed by atoms with E-state index >= 15 is 0 Å². The van der Waals surface area contributed by atoms with Gasteiger partial charge in [0, 0.05) is 16.3 Å². The Morgan fingerprint density at radius 2 is 1.90 bits per heavy atom. The van der Waals surface area contributed by atoms with Crippen molar-refractivity contribution in [1.29, 1.82) is 0 Å². The molecule has 0 saturated heterocycles. The van der Waals surface area contributed by atoms with E-state index in [1.807, 2.05) is 59.3 Å². The molecule has 0 radical (unpaired) electrons. The Bertz CT molecular complexity index is 1420. The summed E-state index contributed by atoms with van der Waals surface area (Å²) in [6.45, 7) is 0. The largest absolute Gasteiger partial charge is 0.451 e. The van der Waals surface area contributed by atoms with E-state index in [9.17, 15) is 0 Å². The number of thiophene rings is 1. The number of hydrogen-bond donors (Lipinski definition) is 0. The summed E-state index contributed by atoms with van der Waals surface area (Å²) in [5.41, 5.74) is 2.42. The second-order valence-corrected chi connectivity index (χ2v) is 7.85. The molecule has 0 bridgehead atoms. The lowest BCUT2D eigenvalue weighted by molar-refractivity contribution is 0.451. The Balaban J connectivity index is 1.32. The topological polar surface area (TPSA) is 95.1 Å². The first kappa shape index (κ1) is 16.5. The molecule has 0 aliphatic carbocycles. The number of nitrogens with zero attached hydrogens (tertiary/aromatic N) is 6. The molecule has 0 spiro atoms. The average Bonchev–Trinajstić information content (AvgIpc) is 3.51. The molecule has 5 aromatic heterocycles. The molecule has 6 aromatic rings. The van der Waals surface area contributed by atoms with Crippen LogP contribution in [0.1, 0.15) is 0 Å². The number of benzene rings is 1. The van der Waals surface area contributed by atoms with Gasteiger partial charge in [0.1, 0.15) is 10.6 Å². The molecule has 29 heavy (non-hydrogen) atoms. The number of para-hydroxylation sites is 1. The van der Waals surface area contributed by atoms with Gasteiger partial charge in [-0.2, -0.15) is 21.0 Å². The van der Waals surface area contributed by atoms with Crippen molar-refractivity contribution in [2.45, 2.75) is 10.2 Å². The Kier molecular flexibility index (Phi) is 3.71. The molecule has 0 aliphatic rings. The lowest BCUT2D eigenvalue weighted by atomic mass is 10.2. The summed E-state index contributed by atoms with van der Waals surface area (Å²) in [6, 6.07) is 15.3. The van der Waals surface area contributed by atoms with Crippen molar-refractivity contribution >= 4 is 39.7 Å². The fraction of sp³-hybridized carbons (Fsp3) is 0. The monoisotopic (exact) mass is 418 g/mol. The molecule has 1 aromatic carbocycles. The van der Waals surface area contributed by atoms with Crippen molar-refractivity contribution in [1.82, 2.24) is 30.0 Å². The zero-order chi connectivity index (χ0) is 19.2. The predicted octanol–water partition coefficient (Wildman–Crippen LogP) is 4.80. The second-order valence-electron chi connectivity index (χ2n) is 6.10. The van der Waals surface area contributed by atoms with E-state index in [0.29, 0.717) is 33.4 Å². The lowest BCUT2D eigenvalue weighted by Gasteiger charge is -1.99. The maximum atomic E-state index is 5.78. The Labute approximate surface area is 171 Å². The van der Waals surface area contributed by atoms with Crippen molar-refractivity contribution in [2.75, 3.05) is 0 Å². The SMILES string of the molecule is c1ccc2oc(-c3nnc(Sc4ccc5nnc(-c6ccsc6)n5n4)o3)cc2c1. The first-order chi connectivity index (χ1) is 14.3. The first-order valence-corrected chi connectivity index (χ1v) is 10.3. The smallest absolute Gasteiger partial charge is 0.284 e. The third-order valence-corrected chi connectivity index (χ3v) is 5.70. The molecule has 0 atom stereocenters. The van der Waals surface area contributed by atoms with Crippen LogP contribution in [-0.4, -0.2) is 30.0 Å². The highest BCUT2D eigenvalue weighted by Crippen LogP contribution is 2.31. The summed E-state index contributed by atoms with van der Waals surface area (Å²) in [5, 5.41) is 27.3. The van der Waals surface area contributed by atoms with Gasteiger partial charge in [0.25, 0.3) is 11.1 Å². The second kappa shape index (κ2) is 6.54. The van der Waals surface area contributed by atoms with Crippen LogP contribution in [0.15, 0.2) is 78.4 Å². The first-order valence-electron chi connectivity index (χ1n) is 8.59. The van der Waals surface area contributed by atoms with Gasteiger partial charge in [0.15, 0.2) is 17.2 Å². The zero-order valence-electron chi connectivity index (χ0n) is 14.6. The van der Waals surface area contributed by atoms with E-state index in [1.165, 1.54) is 11.8 Å². The fourth-order valence-electron chi connectivity index (χ4n) is 2.93. The van der Waals surface area contributed by atoms with E-state index in [2.05, 4.69) is 25.5 Å². The highest BCUT2D eigenvalue weighted by Gasteiger charge is 2.16. The molecule has 0 N–H and O–H groups in total. The van der Waals surface area contributed by atoms with Gasteiger partial charge < -0.3 is 8.83 Å². The van der Waals surface area contributed by atoms with E-state index < -0.39 is 0 Å². The third kappa shape index (κ3) is 2.89. The molecule has 8 nitrogen and oxygen atoms in total.